The SMILES string of the molecule is CC(Nn1ccc2ncc(-c3ccnc4cc(CN)ccc34)cc21)c1c(Cl)ccc(F)c1Cl. The fourth-order valence-electron chi connectivity index (χ4n) is 4.06. The Labute approximate surface area is 199 Å². The summed E-state index contributed by atoms with van der Waals surface area (Å²) in [4.78, 5) is 9.13. The molecule has 0 aliphatic heterocycles. The van der Waals surface area contributed by atoms with Crippen LogP contribution in [0.2, 0.25) is 10.0 Å². The minimum absolute atomic E-state index is 0.0119. The van der Waals surface area contributed by atoms with Gasteiger partial charge >= 0.3 is 0 Å². The minimum Gasteiger partial charge on any atom is -0.326 e. The van der Waals surface area contributed by atoms with Crippen LogP contribution < -0.4 is 11.2 Å². The Morgan fingerprint density at radius 1 is 1.06 bits per heavy atom. The number of benzene rings is 2. The van der Waals surface area contributed by atoms with E-state index in [4.69, 9.17) is 28.9 Å². The minimum atomic E-state index is -0.506. The Morgan fingerprint density at radius 2 is 1.91 bits per heavy atom. The van der Waals surface area contributed by atoms with Gasteiger partial charge in [-0.15, -0.1) is 0 Å². The Bertz CT molecular complexity index is 1500. The first-order valence-electron chi connectivity index (χ1n) is 10.4. The lowest BCUT2D eigenvalue weighted by molar-refractivity contribution is 0.622. The lowest BCUT2D eigenvalue weighted by Crippen LogP contribution is -2.18. The van der Waals surface area contributed by atoms with Crippen molar-refractivity contribution in [3.05, 3.63) is 94.1 Å². The number of nitrogens with two attached hydrogens (primary N) is 1. The molecular formula is C25H20Cl2FN5. The lowest BCUT2D eigenvalue weighted by atomic mass is 10.0. The number of rotatable bonds is 5. The van der Waals surface area contributed by atoms with E-state index < -0.39 is 5.82 Å². The second kappa shape index (κ2) is 8.63. The van der Waals surface area contributed by atoms with E-state index in [-0.39, 0.29) is 11.1 Å². The Morgan fingerprint density at radius 3 is 2.73 bits per heavy atom. The molecule has 33 heavy (non-hydrogen) atoms. The molecule has 0 saturated heterocycles. The van der Waals surface area contributed by atoms with Crippen LogP contribution in [0.3, 0.4) is 0 Å². The second-order valence-electron chi connectivity index (χ2n) is 7.84. The molecule has 5 aromatic rings. The Kier molecular flexibility index (Phi) is 5.66. The van der Waals surface area contributed by atoms with Crippen LogP contribution in [0.1, 0.15) is 24.1 Å². The van der Waals surface area contributed by atoms with Crippen LogP contribution in [0.25, 0.3) is 33.1 Å². The number of nitrogens with zero attached hydrogens (tertiary/aromatic N) is 3. The van der Waals surface area contributed by atoms with Crippen molar-refractivity contribution in [3.63, 3.8) is 0 Å². The van der Waals surface area contributed by atoms with Crippen LogP contribution in [0.5, 0.6) is 0 Å². The molecule has 0 radical (unpaired) electrons. The van der Waals surface area contributed by atoms with Gasteiger partial charge in [-0.1, -0.05) is 35.3 Å². The summed E-state index contributed by atoms with van der Waals surface area (Å²) in [5.41, 5.74) is 15.2. The molecule has 5 nitrogen and oxygen atoms in total. The van der Waals surface area contributed by atoms with E-state index in [9.17, 15) is 4.39 Å². The van der Waals surface area contributed by atoms with Crippen LogP contribution in [0.4, 0.5) is 4.39 Å². The largest absolute Gasteiger partial charge is 0.326 e. The summed E-state index contributed by atoms with van der Waals surface area (Å²) in [5.74, 6) is -0.506. The summed E-state index contributed by atoms with van der Waals surface area (Å²) in [7, 11) is 0. The Hall–Kier alpha value is -3.19. The van der Waals surface area contributed by atoms with Crippen molar-refractivity contribution in [2.75, 3.05) is 5.43 Å². The summed E-state index contributed by atoms with van der Waals surface area (Å²) < 4.78 is 15.9. The zero-order chi connectivity index (χ0) is 23.1. The Balaban J connectivity index is 1.56. The molecule has 0 aliphatic carbocycles. The van der Waals surface area contributed by atoms with Gasteiger partial charge in [-0.05, 0) is 54.4 Å². The summed E-state index contributed by atoms with van der Waals surface area (Å²) in [6.45, 7) is 2.34. The first-order chi connectivity index (χ1) is 16.0. The molecule has 3 N–H and O–H groups in total. The first kappa shape index (κ1) is 21.6. The molecule has 5 rings (SSSR count). The van der Waals surface area contributed by atoms with E-state index in [0.29, 0.717) is 17.1 Å². The second-order valence-corrected chi connectivity index (χ2v) is 8.62. The standard InChI is InChI=1S/C25H20Cl2FN5/c1-14(24-19(26)4-5-20(28)25(24)27)32-33-9-7-21-23(33)11-16(13-31-21)17-6-8-30-22-10-15(12-29)2-3-18(17)22/h2-11,13-14,32H,12,29H2,1H3. The number of halogens is 3. The highest BCUT2D eigenvalue weighted by atomic mass is 35.5. The van der Waals surface area contributed by atoms with Gasteiger partial charge < -0.3 is 11.2 Å². The summed E-state index contributed by atoms with van der Waals surface area (Å²) in [6, 6.07) is 14.4. The molecule has 1 unspecified atom stereocenters. The monoisotopic (exact) mass is 479 g/mol. The van der Waals surface area contributed by atoms with Crippen molar-refractivity contribution < 1.29 is 4.39 Å². The maximum Gasteiger partial charge on any atom is 0.142 e. The van der Waals surface area contributed by atoms with Crippen LogP contribution in [-0.4, -0.2) is 14.6 Å². The highest BCUT2D eigenvalue weighted by Gasteiger charge is 2.18. The first-order valence-corrected chi connectivity index (χ1v) is 11.2. The zero-order valence-electron chi connectivity index (χ0n) is 17.7. The lowest BCUT2D eigenvalue weighted by Gasteiger charge is -2.20. The molecular weight excluding hydrogens is 460 g/mol. The molecule has 0 saturated carbocycles. The van der Waals surface area contributed by atoms with E-state index in [0.717, 1.165) is 38.6 Å². The average Bonchev–Trinajstić information content (AvgIpc) is 3.22. The summed E-state index contributed by atoms with van der Waals surface area (Å²) in [6.07, 6.45) is 5.51. The van der Waals surface area contributed by atoms with Crippen LogP contribution in [0.15, 0.2) is 67.1 Å². The van der Waals surface area contributed by atoms with Gasteiger partial charge in [0.2, 0.25) is 0 Å². The van der Waals surface area contributed by atoms with Crippen LogP contribution in [-0.2, 0) is 6.54 Å². The summed E-state index contributed by atoms with van der Waals surface area (Å²) >= 11 is 12.5. The molecule has 0 spiro atoms. The van der Waals surface area contributed by atoms with Gasteiger partial charge in [0.1, 0.15) is 5.82 Å². The number of fused-ring (bicyclic) bond motifs is 2. The number of nitrogens with one attached hydrogen (secondary N) is 1. The molecule has 0 amide bonds. The van der Waals surface area contributed by atoms with Crippen LogP contribution in [0, 0.1) is 5.82 Å². The third kappa shape index (κ3) is 3.91. The molecule has 0 aliphatic rings. The fraction of sp³-hybridized carbons (Fsp3) is 0.120. The predicted molar refractivity (Wildman–Crippen MR) is 133 cm³/mol. The molecule has 2 aromatic carbocycles. The van der Waals surface area contributed by atoms with Crippen molar-refractivity contribution in [3.8, 4) is 11.1 Å². The maximum absolute atomic E-state index is 14.0. The number of hydrogen-bond donors (Lipinski definition) is 2. The van der Waals surface area contributed by atoms with E-state index in [1.54, 1.807) is 6.20 Å². The molecule has 3 heterocycles. The molecule has 3 aromatic heterocycles. The van der Waals surface area contributed by atoms with Gasteiger partial charge in [-0.2, -0.15) is 0 Å². The van der Waals surface area contributed by atoms with E-state index in [1.165, 1.54) is 12.1 Å². The number of aromatic nitrogens is 3. The van der Waals surface area contributed by atoms with Crippen molar-refractivity contribution in [2.45, 2.75) is 19.5 Å². The van der Waals surface area contributed by atoms with Gasteiger partial charge in [0, 0.05) is 46.7 Å². The highest BCUT2D eigenvalue weighted by Crippen LogP contribution is 2.34. The molecule has 8 heteroatoms. The van der Waals surface area contributed by atoms with Crippen molar-refractivity contribution in [1.29, 1.82) is 0 Å². The average molecular weight is 480 g/mol. The van der Waals surface area contributed by atoms with Gasteiger partial charge in [0.25, 0.3) is 0 Å². The van der Waals surface area contributed by atoms with Crippen molar-refractivity contribution in [1.82, 2.24) is 14.6 Å². The fourth-order valence-corrected chi connectivity index (χ4v) is 4.75. The third-order valence-corrected chi connectivity index (χ3v) is 6.45. The van der Waals surface area contributed by atoms with Crippen LogP contribution >= 0.6 is 23.2 Å². The molecule has 0 bridgehead atoms. The smallest absolute Gasteiger partial charge is 0.142 e. The van der Waals surface area contributed by atoms with E-state index in [1.807, 2.05) is 54.3 Å². The molecule has 1 atom stereocenters. The topological polar surface area (TPSA) is 68.8 Å². The third-order valence-electron chi connectivity index (χ3n) is 5.74. The zero-order valence-corrected chi connectivity index (χ0v) is 19.2. The highest BCUT2D eigenvalue weighted by molar-refractivity contribution is 6.36. The summed E-state index contributed by atoms with van der Waals surface area (Å²) in [5, 5.41) is 1.43. The van der Waals surface area contributed by atoms with Crippen molar-refractivity contribution in [2.24, 2.45) is 5.73 Å². The van der Waals surface area contributed by atoms with E-state index >= 15 is 0 Å². The molecule has 0 fully saturated rings. The maximum atomic E-state index is 14.0. The van der Waals surface area contributed by atoms with Gasteiger partial charge in [0.15, 0.2) is 0 Å². The van der Waals surface area contributed by atoms with Gasteiger partial charge in [0.05, 0.1) is 27.6 Å². The number of pyridine rings is 2. The van der Waals surface area contributed by atoms with E-state index in [2.05, 4.69) is 21.5 Å². The normalized spacial score (nSPS) is 12.4. The quantitative estimate of drug-likeness (QED) is 0.283. The predicted octanol–water partition coefficient (Wildman–Crippen LogP) is 6.46. The molecule has 166 valence electrons. The number of hydrogen-bond acceptors (Lipinski definition) is 4. The van der Waals surface area contributed by atoms with Crippen molar-refractivity contribution >= 4 is 45.1 Å². The van der Waals surface area contributed by atoms with Gasteiger partial charge in [-0.3, -0.25) is 14.6 Å². The van der Waals surface area contributed by atoms with Gasteiger partial charge in [-0.25, -0.2) is 4.39 Å².